The lowest BCUT2D eigenvalue weighted by Gasteiger charge is -2.12. The van der Waals surface area contributed by atoms with Crippen LogP contribution in [0.2, 0.25) is 0 Å². The van der Waals surface area contributed by atoms with Gasteiger partial charge in [0, 0.05) is 54.5 Å². The Morgan fingerprint density at radius 3 is 1.73 bits per heavy atom. The Morgan fingerprint density at radius 1 is 0.327 bits per heavy atom. The molecule has 0 bridgehead atoms. The van der Waals surface area contributed by atoms with E-state index in [4.69, 9.17) is 4.42 Å². The van der Waals surface area contributed by atoms with E-state index in [1.54, 1.807) is 0 Å². The number of hydrogen-bond acceptors (Lipinski definition) is 1. The molecule has 4 nitrogen and oxygen atoms in total. The number of benzene rings is 8. The number of fused-ring (bicyclic) bond motifs is 13. The van der Waals surface area contributed by atoms with E-state index >= 15 is 0 Å². The zero-order valence-electron chi connectivity index (χ0n) is 28.0. The van der Waals surface area contributed by atoms with Crippen molar-refractivity contribution in [1.82, 2.24) is 13.7 Å². The van der Waals surface area contributed by atoms with E-state index < -0.39 is 0 Å². The van der Waals surface area contributed by atoms with Crippen molar-refractivity contribution in [3.8, 4) is 17.1 Å². The molecule has 12 aromatic rings. The summed E-state index contributed by atoms with van der Waals surface area (Å²) in [6, 6.07) is 63.5. The first-order valence-corrected chi connectivity index (χ1v) is 17.8. The van der Waals surface area contributed by atoms with E-state index in [1.807, 2.05) is 6.07 Å². The van der Waals surface area contributed by atoms with Gasteiger partial charge in [0.1, 0.15) is 5.58 Å². The van der Waals surface area contributed by atoms with Gasteiger partial charge in [0.05, 0.1) is 38.8 Å². The van der Waals surface area contributed by atoms with Crippen molar-refractivity contribution in [3.63, 3.8) is 0 Å². The minimum Gasteiger partial charge on any atom is -0.454 e. The van der Waals surface area contributed by atoms with Crippen molar-refractivity contribution in [2.75, 3.05) is 0 Å². The molecule has 0 amide bonds. The number of hydrogen-bond donors (Lipinski definition) is 0. The molecule has 0 aliphatic carbocycles. The second-order valence-electron chi connectivity index (χ2n) is 13.7. The lowest BCUT2D eigenvalue weighted by Crippen LogP contribution is -1.97. The smallest absolute Gasteiger partial charge is 0.159 e. The molecule has 0 atom stereocenters. The molecule has 0 fully saturated rings. The van der Waals surface area contributed by atoms with Crippen LogP contribution in [0.15, 0.2) is 180 Å². The summed E-state index contributed by atoms with van der Waals surface area (Å²) in [5, 5.41) is 9.64. The molecule has 0 radical (unpaired) electrons. The lowest BCUT2D eigenvalue weighted by molar-refractivity contribution is 0.666. The van der Waals surface area contributed by atoms with Crippen LogP contribution in [0.1, 0.15) is 0 Å². The van der Waals surface area contributed by atoms with Crippen LogP contribution in [0, 0.1) is 0 Å². The van der Waals surface area contributed by atoms with Crippen molar-refractivity contribution in [3.05, 3.63) is 176 Å². The van der Waals surface area contributed by atoms with E-state index in [-0.39, 0.29) is 0 Å². The standard InChI is InChI=1S/C48H29N3O/c1-2-13-30(14-3-1)49-39-20-8-4-15-32(39)34-26-25-31(29-44(34)49)50-40-21-9-5-16-33(40)36-27-28-42-46(47(36)50)38-18-6-10-22-41(38)51(42)43-23-12-19-37-35-17-7-11-24-45(35)52-48(37)43/h1-29H. The maximum Gasteiger partial charge on any atom is 0.159 e. The molecule has 0 saturated heterocycles. The second-order valence-corrected chi connectivity index (χ2v) is 13.7. The third-order valence-electron chi connectivity index (χ3n) is 11.0. The molecule has 4 heteroatoms. The second kappa shape index (κ2) is 10.3. The number of furan rings is 1. The summed E-state index contributed by atoms with van der Waals surface area (Å²) in [5.74, 6) is 0. The Labute approximate surface area is 297 Å². The van der Waals surface area contributed by atoms with E-state index in [2.05, 4.69) is 184 Å². The average Bonchev–Trinajstić information content (AvgIpc) is 3.94. The predicted molar refractivity (Wildman–Crippen MR) is 217 cm³/mol. The van der Waals surface area contributed by atoms with Gasteiger partial charge in [-0.2, -0.15) is 0 Å². The van der Waals surface area contributed by atoms with E-state index in [9.17, 15) is 0 Å². The van der Waals surface area contributed by atoms with Crippen molar-refractivity contribution in [2.45, 2.75) is 0 Å². The van der Waals surface area contributed by atoms with Crippen LogP contribution in [0.25, 0.3) is 104 Å². The van der Waals surface area contributed by atoms with Crippen LogP contribution in [0.5, 0.6) is 0 Å². The van der Waals surface area contributed by atoms with Crippen molar-refractivity contribution >= 4 is 87.4 Å². The monoisotopic (exact) mass is 663 g/mol. The van der Waals surface area contributed by atoms with E-state index in [0.29, 0.717) is 0 Å². The van der Waals surface area contributed by atoms with Crippen LogP contribution >= 0.6 is 0 Å². The summed E-state index contributed by atoms with van der Waals surface area (Å²) in [4.78, 5) is 0. The van der Waals surface area contributed by atoms with Gasteiger partial charge in [-0.25, -0.2) is 0 Å². The molecule has 242 valence electrons. The number of aromatic nitrogens is 3. The summed E-state index contributed by atoms with van der Waals surface area (Å²) < 4.78 is 13.9. The minimum absolute atomic E-state index is 0.895. The summed E-state index contributed by atoms with van der Waals surface area (Å²) in [6.45, 7) is 0. The van der Waals surface area contributed by atoms with Gasteiger partial charge in [-0.05, 0) is 60.7 Å². The molecule has 0 unspecified atom stereocenters. The Balaban J connectivity index is 1.23. The third-order valence-corrected chi connectivity index (χ3v) is 11.0. The Bertz CT molecular complexity index is 3410. The highest BCUT2D eigenvalue weighted by atomic mass is 16.3. The molecule has 12 rings (SSSR count). The average molecular weight is 664 g/mol. The topological polar surface area (TPSA) is 27.9 Å². The molecule has 0 saturated carbocycles. The van der Waals surface area contributed by atoms with Crippen LogP contribution < -0.4 is 0 Å². The van der Waals surface area contributed by atoms with Gasteiger partial charge < -0.3 is 18.1 Å². The van der Waals surface area contributed by atoms with Crippen LogP contribution in [-0.2, 0) is 0 Å². The first kappa shape index (κ1) is 27.7. The quantitative estimate of drug-likeness (QED) is 0.185. The molecule has 0 N–H and O–H groups in total. The molecule has 52 heavy (non-hydrogen) atoms. The third kappa shape index (κ3) is 3.60. The first-order valence-electron chi connectivity index (χ1n) is 17.8. The van der Waals surface area contributed by atoms with Gasteiger partial charge in [-0.15, -0.1) is 0 Å². The highest BCUT2D eigenvalue weighted by Gasteiger charge is 2.23. The number of nitrogens with zero attached hydrogens (tertiary/aromatic N) is 3. The highest BCUT2D eigenvalue weighted by Crippen LogP contribution is 2.44. The Kier molecular flexibility index (Phi) is 5.47. The number of para-hydroxylation sites is 6. The summed E-state index contributed by atoms with van der Waals surface area (Å²) in [7, 11) is 0. The molecule has 4 aromatic heterocycles. The molecule has 0 spiro atoms. The maximum absolute atomic E-state index is 6.62. The molecule has 0 aliphatic heterocycles. The molecular formula is C48H29N3O. The molecule has 8 aromatic carbocycles. The summed E-state index contributed by atoms with van der Waals surface area (Å²) in [6.07, 6.45) is 0. The molecule has 0 aliphatic rings. The summed E-state index contributed by atoms with van der Waals surface area (Å²) in [5.41, 5.74) is 12.2. The van der Waals surface area contributed by atoms with Crippen LogP contribution in [0.4, 0.5) is 0 Å². The molecular weight excluding hydrogens is 635 g/mol. The fraction of sp³-hybridized carbons (Fsp3) is 0. The van der Waals surface area contributed by atoms with Gasteiger partial charge >= 0.3 is 0 Å². The largest absolute Gasteiger partial charge is 0.454 e. The van der Waals surface area contributed by atoms with Gasteiger partial charge in [-0.3, -0.25) is 0 Å². The summed E-state index contributed by atoms with van der Waals surface area (Å²) >= 11 is 0. The van der Waals surface area contributed by atoms with Gasteiger partial charge in [0.25, 0.3) is 0 Å². The zero-order chi connectivity index (χ0) is 33.9. The number of rotatable bonds is 3. The highest BCUT2D eigenvalue weighted by molar-refractivity contribution is 6.26. The van der Waals surface area contributed by atoms with Gasteiger partial charge in [-0.1, -0.05) is 115 Å². The van der Waals surface area contributed by atoms with E-state index in [1.165, 1.54) is 54.4 Å². The molecule has 4 heterocycles. The minimum atomic E-state index is 0.895. The maximum atomic E-state index is 6.62. The van der Waals surface area contributed by atoms with Crippen molar-refractivity contribution in [1.29, 1.82) is 0 Å². The van der Waals surface area contributed by atoms with Crippen molar-refractivity contribution in [2.24, 2.45) is 0 Å². The Hall–Kier alpha value is -7.04. The van der Waals surface area contributed by atoms with Crippen molar-refractivity contribution < 1.29 is 4.42 Å². The zero-order valence-corrected chi connectivity index (χ0v) is 28.0. The fourth-order valence-corrected chi connectivity index (χ4v) is 8.90. The Morgan fingerprint density at radius 2 is 0.923 bits per heavy atom. The van der Waals surface area contributed by atoms with E-state index in [0.717, 1.165) is 50.0 Å². The van der Waals surface area contributed by atoms with Crippen LogP contribution in [-0.4, -0.2) is 13.7 Å². The SMILES string of the molecule is c1ccc(-n2c3ccccc3c3ccc(-n4c5ccccc5c5ccc6c(c7ccccc7n6-c6cccc7c6oc6ccccc67)c54)cc32)cc1. The normalized spacial score (nSPS) is 12.2. The first-order chi connectivity index (χ1) is 25.8. The fourth-order valence-electron chi connectivity index (χ4n) is 8.90. The predicted octanol–water partition coefficient (Wildman–Crippen LogP) is 12.9. The van der Waals surface area contributed by atoms with Crippen LogP contribution in [0.3, 0.4) is 0 Å². The van der Waals surface area contributed by atoms with Gasteiger partial charge in [0.15, 0.2) is 5.58 Å². The lowest BCUT2D eigenvalue weighted by atomic mass is 10.1. The van der Waals surface area contributed by atoms with Gasteiger partial charge in [0.2, 0.25) is 0 Å².